The fourth-order valence-electron chi connectivity index (χ4n) is 3.19. The second kappa shape index (κ2) is 9.27. The zero-order valence-corrected chi connectivity index (χ0v) is 17.9. The zero-order chi connectivity index (χ0) is 21.7. The third-order valence-electron chi connectivity index (χ3n) is 4.96. The quantitative estimate of drug-likeness (QED) is 0.758. The van der Waals surface area contributed by atoms with Gasteiger partial charge in [-0.2, -0.15) is 0 Å². The van der Waals surface area contributed by atoms with Crippen molar-refractivity contribution in [3.8, 4) is 0 Å². The highest BCUT2D eigenvalue weighted by molar-refractivity contribution is 7.90. The van der Waals surface area contributed by atoms with Crippen LogP contribution in [0.15, 0.2) is 53.4 Å². The van der Waals surface area contributed by atoms with Crippen LogP contribution >= 0.6 is 0 Å². The Bertz CT molecular complexity index is 1020. The van der Waals surface area contributed by atoms with Crippen LogP contribution in [-0.4, -0.2) is 69.1 Å². The summed E-state index contributed by atoms with van der Waals surface area (Å²) in [6, 6.07) is 13.7. The van der Waals surface area contributed by atoms with Gasteiger partial charge in [0.05, 0.1) is 11.4 Å². The molecule has 2 aromatic carbocycles. The van der Waals surface area contributed by atoms with Gasteiger partial charge >= 0.3 is 6.03 Å². The van der Waals surface area contributed by atoms with Crippen LogP contribution in [0, 0.1) is 6.92 Å². The number of sulfone groups is 1. The summed E-state index contributed by atoms with van der Waals surface area (Å²) >= 11 is 0. The van der Waals surface area contributed by atoms with E-state index >= 15 is 0 Å². The van der Waals surface area contributed by atoms with E-state index in [9.17, 15) is 18.0 Å². The molecule has 8 nitrogen and oxygen atoms in total. The van der Waals surface area contributed by atoms with Gasteiger partial charge in [0.25, 0.3) is 0 Å². The molecule has 0 spiro atoms. The lowest BCUT2D eigenvalue weighted by molar-refractivity contribution is -0.117. The number of nitrogens with zero attached hydrogens (tertiary/aromatic N) is 2. The summed E-state index contributed by atoms with van der Waals surface area (Å²) in [5, 5.41) is 5.66. The van der Waals surface area contributed by atoms with Crippen molar-refractivity contribution in [2.24, 2.45) is 0 Å². The number of nitrogens with one attached hydrogen (secondary N) is 2. The predicted octanol–water partition coefficient (Wildman–Crippen LogP) is 2.19. The topological polar surface area (TPSA) is 98.8 Å². The van der Waals surface area contributed by atoms with Crippen molar-refractivity contribution in [2.45, 2.75) is 11.8 Å². The molecular formula is C21H26N4O4S. The molecular weight excluding hydrogens is 404 g/mol. The summed E-state index contributed by atoms with van der Waals surface area (Å²) < 4.78 is 23.5. The Labute approximate surface area is 176 Å². The smallest absolute Gasteiger partial charge is 0.321 e. The monoisotopic (exact) mass is 430 g/mol. The Balaban J connectivity index is 1.51. The van der Waals surface area contributed by atoms with Crippen molar-refractivity contribution < 1.29 is 18.0 Å². The maximum atomic E-state index is 12.6. The van der Waals surface area contributed by atoms with E-state index in [2.05, 4.69) is 10.6 Å². The minimum atomic E-state index is -3.35. The molecule has 0 saturated carbocycles. The molecule has 9 heteroatoms. The van der Waals surface area contributed by atoms with E-state index in [4.69, 9.17) is 0 Å². The molecule has 0 atom stereocenters. The number of carbonyl (C=O) groups excluding carboxylic acids is 2. The Kier molecular flexibility index (Phi) is 6.73. The molecule has 30 heavy (non-hydrogen) atoms. The normalized spacial score (nSPS) is 14.9. The lowest BCUT2D eigenvalue weighted by atomic mass is 10.2. The molecule has 1 heterocycles. The number of carbonyl (C=O) groups is 2. The number of hydrogen-bond donors (Lipinski definition) is 2. The molecule has 1 aliphatic heterocycles. The molecule has 0 bridgehead atoms. The number of urea groups is 1. The fourth-order valence-corrected chi connectivity index (χ4v) is 3.84. The van der Waals surface area contributed by atoms with Crippen molar-refractivity contribution in [3.05, 3.63) is 54.1 Å². The molecule has 0 unspecified atom stereocenters. The Hall–Kier alpha value is -2.91. The molecule has 3 rings (SSSR count). The van der Waals surface area contributed by atoms with Crippen molar-refractivity contribution in [1.82, 2.24) is 9.80 Å². The van der Waals surface area contributed by atoms with Gasteiger partial charge in [-0.05, 0) is 36.8 Å². The van der Waals surface area contributed by atoms with E-state index in [-0.39, 0.29) is 23.4 Å². The maximum absolute atomic E-state index is 12.6. The highest BCUT2D eigenvalue weighted by atomic mass is 32.2. The number of amides is 3. The zero-order valence-electron chi connectivity index (χ0n) is 17.1. The van der Waals surface area contributed by atoms with Crippen LogP contribution in [0.5, 0.6) is 0 Å². The summed E-state index contributed by atoms with van der Waals surface area (Å²) in [5.41, 5.74) is 2.02. The standard InChI is InChI=1S/C21H26N4O4S/c1-16-8-9-18(30(2,28)29)14-19(16)23-21(27)25-12-10-24(11-13-25)15-20(26)22-17-6-4-3-5-7-17/h3-9,14H,10-13,15H2,1-2H3,(H,22,26)(H,23,27). The minimum Gasteiger partial charge on any atom is -0.325 e. The number of benzene rings is 2. The molecule has 1 saturated heterocycles. The van der Waals surface area contributed by atoms with Gasteiger partial charge in [0.2, 0.25) is 5.91 Å². The molecule has 160 valence electrons. The van der Waals surface area contributed by atoms with Crippen LogP contribution in [0.4, 0.5) is 16.2 Å². The van der Waals surface area contributed by atoms with Gasteiger partial charge in [0, 0.05) is 43.8 Å². The van der Waals surface area contributed by atoms with E-state index in [0.717, 1.165) is 17.5 Å². The maximum Gasteiger partial charge on any atom is 0.321 e. The molecule has 2 N–H and O–H groups in total. The average Bonchev–Trinajstić information content (AvgIpc) is 2.70. The molecule has 3 amide bonds. The first-order chi connectivity index (χ1) is 14.2. The van der Waals surface area contributed by atoms with Gasteiger partial charge in [0.1, 0.15) is 0 Å². The van der Waals surface area contributed by atoms with Gasteiger partial charge in [0.15, 0.2) is 9.84 Å². The Morgan fingerprint density at radius 1 is 0.967 bits per heavy atom. The van der Waals surface area contributed by atoms with Crippen LogP contribution in [0.2, 0.25) is 0 Å². The van der Waals surface area contributed by atoms with Crippen LogP contribution in [0.25, 0.3) is 0 Å². The third kappa shape index (κ3) is 5.80. The second-order valence-electron chi connectivity index (χ2n) is 7.36. The number of rotatable bonds is 5. The van der Waals surface area contributed by atoms with Gasteiger partial charge in [-0.3, -0.25) is 9.69 Å². The summed E-state index contributed by atoms with van der Waals surface area (Å²) in [7, 11) is -3.35. The number of aryl methyl sites for hydroxylation is 1. The van der Waals surface area contributed by atoms with Crippen molar-refractivity contribution in [3.63, 3.8) is 0 Å². The number of hydrogen-bond acceptors (Lipinski definition) is 5. The molecule has 2 aromatic rings. The number of anilines is 2. The molecule has 0 aliphatic carbocycles. The van der Waals surface area contributed by atoms with E-state index in [1.165, 1.54) is 12.1 Å². The van der Waals surface area contributed by atoms with Crippen molar-refractivity contribution >= 4 is 33.2 Å². The second-order valence-corrected chi connectivity index (χ2v) is 9.37. The van der Waals surface area contributed by atoms with Crippen LogP contribution < -0.4 is 10.6 Å². The number of para-hydroxylation sites is 1. The summed E-state index contributed by atoms with van der Waals surface area (Å²) in [5.74, 6) is -0.0904. The van der Waals surface area contributed by atoms with Crippen molar-refractivity contribution in [1.29, 1.82) is 0 Å². The Morgan fingerprint density at radius 2 is 1.63 bits per heavy atom. The van der Waals surface area contributed by atoms with Crippen LogP contribution in [0.3, 0.4) is 0 Å². The predicted molar refractivity (Wildman–Crippen MR) is 116 cm³/mol. The summed E-state index contributed by atoms with van der Waals surface area (Å²) in [6.45, 7) is 4.20. The summed E-state index contributed by atoms with van der Waals surface area (Å²) in [4.78, 5) is 28.6. The first kappa shape index (κ1) is 21.8. The van der Waals surface area contributed by atoms with E-state index in [1.54, 1.807) is 11.0 Å². The fraction of sp³-hybridized carbons (Fsp3) is 0.333. The lowest BCUT2D eigenvalue weighted by Gasteiger charge is -2.34. The SMILES string of the molecule is Cc1ccc(S(C)(=O)=O)cc1NC(=O)N1CCN(CC(=O)Nc2ccccc2)CC1. The van der Waals surface area contributed by atoms with E-state index < -0.39 is 9.84 Å². The highest BCUT2D eigenvalue weighted by Crippen LogP contribution is 2.21. The highest BCUT2D eigenvalue weighted by Gasteiger charge is 2.23. The van der Waals surface area contributed by atoms with Gasteiger partial charge < -0.3 is 15.5 Å². The Morgan fingerprint density at radius 3 is 2.27 bits per heavy atom. The average molecular weight is 431 g/mol. The van der Waals surface area contributed by atoms with Crippen LogP contribution in [0.1, 0.15) is 5.56 Å². The van der Waals surface area contributed by atoms with Gasteiger partial charge in [-0.15, -0.1) is 0 Å². The first-order valence-corrected chi connectivity index (χ1v) is 11.6. The molecule has 0 radical (unpaired) electrons. The molecule has 0 aromatic heterocycles. The lowest BCUT2D eigenvalue weighted by Crippen LogP contribution is -2.51. The largest absolute Gasteiger partial charge is 0.325 e. The van der Waals surface area contributed by atoms with Gasteiger partial charge in [-0.25, -0.2) is 13.2 Å². The molecule has 1 fully saturated rings. The van der Waals surface area contributed by atoms with Crippen LogP contribution in [-0.2, 0) is 14.6 Å². The first-order valence-electron chi connectivity index (χ1n) is 9.66. The van der Waals surface area contributed by atoms with E-state index in [0.29, 0.717) is 31.9 Å². The summed E-state index contributed by atoms with van der Waals surface area (Å²) in [6.07, 6.45) is 1.14. The van der Waals surface area contributed by atoms with Gasteiger partial charge in [-0.1, -0.05) is 24.3 Å². The third-order valence-corrected chi connectivity index (χ3v) is 6.07. The van der Waals surface area contributed by atoms with E-state index in [1.807, 2.05) is 42.2 Å². The number of piperazine rings is 1. The molecule has 1 aliphatic rings. The van der Waals surface area contributed by atoms with Crippen molar-refractivity contribution in [2.75, 3.05) is 49.6 Å². The minimum absolute atomic E-state index is 0.0904.